The number of thiazole rings is 1. The highest BCUT2D eigenvalue weighted by Crippen LogP contribution is 2.29. The third-order valence-corrected chi connectivity index (χ3v) is 5.18. The van der Waals surface area contributed by atoms with E-state index in [1.54, 1.807) is 35.2 Å². The molecule has 2 aromatic carbocycles. The molecule has 0 aliphatic rings. The van der Waals surface area contributed by atoms with Crippen LogP contribution >= 0.6 is 11.3 Å². The number of furan rings is 1. The van der Waals surface area contributed by atoms with E-state index >= 15 is 0 Å². The minimum Gasteiger partial charge on any atom is -0.504 e. The molecule has 0 radical (unpaired) electrons. The van der Waals surface area contributed by atoms with E-state index in [4.69, 9.17) is 9.15 Å². The molecule has 0 saturated heterocycles. The lowest BCUT2D eigenvalue weighted by molar-refractivity contribution is 0.318. The van der Waals surface area contributed by atoms with Crippen molar-refractivity contribution in [3.05, 3.63) is 76.9 Å². The molecule has 0 fully saturated rings. The summed E-state index contributed by atoms with van der Waals surface area (Å²) in [7, 11) is 0. The maximum atomic E-state index is 9.91. The van der Waals surface area contributed by atoms with Gasteiger partial charge >= 0.3 is 0 Å². The lowest BCUT2D eigenvalue weighted by atomic mass is 10.2. The van der Waals surface area contributed by atoms with Crippen LogP contribution in [0.15, 0.2) is 81.1 Å². The predicted molar refractivity (Wildman–Crippen MR) is 120 cm³/mol. The van der Waals surface area contributed by atoms with Crippen LogP contribution < -0.4 is 9.54 Å². The number of aromatic hydroxyl groups is 1. The highest BCUT2D eigenvalue weighted by atomic mass is 32.1. The largest absolute Gasteiger partial charge is 0.504 e. The maximum Gasteiger partial charge on any atom is 0.206 e. The van der Waals surface area contributed by atoms with Gasteiger partial charge in [-0.3, -0.25) is 4.99 Å². The van der Waals surface area contributed by atoms with E-state index in [1.807, 2.05) is 42.6 Å². The summed E-state index contributed by atoms with van der Waals surface area (Å²) in [6, 6.07) is 15.0. The molecule has 0 atom stereocenters. The average Bonchev–Trinajstić information content (AvgIpc) is 3.36. The highest BCUT2D eigenvalue weighted by molar-refractivity contribution is 7.07. The topological polar surface area (TPSA) is 72.2 Å². The summed E-state index contributed by atoms with van der Waals surface area (Å²) < 4.78 is 13.2. The molecular weight excluding hydrogens is 398 g/mol. The summed E-state index contributed by atoms with van der Waals surface area (Å²) in [5.41, 5.74) is 2.41. The molecule has 152 valence electrons. The Hall–Kier alpha value is -3.58. The van der Waals surface area contributed by atoms with Crippen molar-refractivity contribution in [1.82, 2.24) is 4.68 Å². The number of ether oxygens (including phenoxy) is 1. The number of hydrogen-bond acceptors (Lipinski definition) is 6. The molecule has 0 saturated carbocycles. The van der Waals surface area contributed by atoms with E-state index in [0.29, 0.717) is 24.7 Å². The van der Waals surface area contributed by atoms with Crippen molar-refractivity contribution in [2.75, 3.05) is 13.2 Å². The number of hydrogen-bond donors (Lipinski definition) is 1. The second kappa shape index (κ2) is 8.84. The van der Waals surface area contributed by atoms with Gasteiger partial charge in [0.2, 0.25) is 4.80 Å². The number of fused-ring (bicyclic) bond motifs is 1. The van der Waals surface area contributed by atoms with Gasteiger partial charge in [0.15, 0.2) is 17.3 Å². The third kappa shape index (κ3) is 4.06. The van der Waals surface area contributed by atoms with E-state index in [-0.39, 0.29) is 5.75 Å². The first kappa shape index (κ1) is 19.7. The van der Waals surface area contributed by atoms with Gasteiger partial charge in [-0.15, -0.1) is 17.9 Å². The molecule has 0 spiro atoms. The smallest absolute Gasteiger partial charge is 0.206 e. The van der Waals surface area contributed by atoms with Crippen LogP contribution in [-0.2, 0) is 0 Å². The lowest BCUT2D eigenvalue weighted by Gasteiger charge is -2.06. The number of para-hydroxylation sites is 1. The Labute approximate surface area is 177 Å². The zero-order valence-corrected chi connectivity index (χ0v) is 17.3. The Morgan fingerprint density at radius 3 is 2.90 bits per heavy atom. The van der Waals surface area contributed by atoms with E-state index in [0.717, 1.165) is 27.0 Å². The van der Waals surface area contributed by atoms with E-state index < -0.39 is 0 Å². The van der Waals surface area contributed by atoms with Crippen LogP contribution in [0.25, 0.3) is 22.4 Å². The van der Waals surface area contributed by atoms with E-state index in [2.05, 4.69) is 16.7 Å². The molecule has 0 aliphatic carbocycles. The monoisotopic (exact) mass is 419 g/mol. The molecule has 0 unspecified atom stereocenters. The molecule has 0 amide bonds. The summed E-state index contributed by atoms with van der Waals surface area (Å²) >= 11 is 1.48. The van der Waals surface area contributed by atoms with Crippen LogP contribution in [0.3, 0.4) is 0 Å². The Morgan fingerprint density at radius 2 is 2.10 bits per heavy atom. The van der Waals surface area contributed by atoms with E-state index in [9.17, 15) is 5.11 Å². The zero-order chi connectivity index (χ0) is 20.9. The summed E-state index contributed by atoms with van der Waals surface area (Å²) in [6.07, 6.45) is 3.44. The van der Waals surface area contributed by atoms with Crippen LogP contribution in [0.1, 0.15) is 12.5 Å². The van der Waals surface area contributed by atoms with Crippen molar-refractivity contribution >= 4 is 28.5 Å². The van der Waals surface area contributed by atoms with Crippen LogP contribution in [0.4, 0.5) is 0 Å². The summed E-state index contributed by atoms with van der Waals surface area (Å²) in [5.74, 6) is 1.23. The fourth-order valence-corrected chi connectivity index (χ4v) is 3.77. The fourth-order valence-electron chi connectivity index (χ4n) is 2.95. The molecule has 4 rings (SSSR count). The fraction of sp³-hybridized carbons (Fsp3) is 0.130. The van der Waals surface area contributed by atoms with Gasteiger partial charge in [-0.1, -0.05) is 24.3 Å². The van der Waals surface area contributed by atoms with Crippen molar-refractivity contribution in [2.24, 2.45) is 10.1 Å². The van der Waals surface area contributed by atoms with Crippen LogP contribution in [0.2, 0.25) is 0 Å². The van der Waals surface area contributed by atoms with Gasteiger partial charge < -0.3 is 14.3 Å². The van der Waals surface area contributed by atoms with Crippen molar-refractivity contribution in [3.63, 3.8) is 0 Å². The maximum absolute atomic E-state index is 9.91. The zero-order valence-electron chi connectivity index (χ0n) is 16.5. The third-order valence-electron chi connectivity index (χ3n) is 4.32. The highest BCUT2D eigenvalue weighted by Gasteiger charge is 2.12. The molecule has 6 nitrogen and oxygen atoms in total. The number of nitrogens with zero attached hydrogens (tertiary/aromatic N) is 3. The number of phenols is 1. The van der Waals surface area contributed by atoms with Gasteiger partial charge in [-0.2, -0.15) is 5.10 Å². The summed E-state index contributed by atoms with van der Waals surface area (Å²) in [5, 5.41) is 17.6. The molecule has 2 aromatic heterocycles. The molecule has 0 bridgehead atoms. The predicted octanol–water partition coefficient (Wildman–Crippen LogP) is 5.04. The summed E-state index contributed by atoms with van der Waals surface area (Å²) in [6.45, 7) is 6.56. The quantitative estimate of drug-likeness (QED) is 0.337. The number of phenolic OH excluding ortho intramolecular Hbond substituents is 1. The minimum atomic E-state index is 0.0989. The first-order valence-corrected chi connectivity index (χ1v) is 10.4. The van der Waals surface area contributed by atoms with Gasteiger partial charge in [0, 0.05) is 10.8 Å². The van der Waals surface area contributed by atoms with Gasteiger partial charge in [0.05, 0.1) is 19.4 Å². The van der Waals surface area contributed by atoms with Crippen LogP contribution in [0.5, 0.6) is 11.5 Å². The van der Waals surface area contributed by atoms with Gasteiger partial charge in [-0.05, 0) is 42.8 Å². The normalized spacial score (nSPS) is 12.1. The Kier molecular flexibility index (Phi) is 5.81. The first-order chi connectivity index (χ1) is 14.7. The average molecular weight is 420 g/mol. The number of rotatable bonds is 7. The van der Waals surface area contributed by atoms with Crippen molar-refractivity contribution in [3.8, 4) is 23.0 Å². The van der Waals surface area contributed by atoms with Crippen LogP contribution in [0, 0.1) is 0 Å². The molecule has 7 heteroatoms. The Balaban J connectivity index is 1.77. The van der Waals surface area contributed by atoms with E-state index in [1.165, 1.54) is 11.3 Å². The molecule has 0 aliphatic heterocycles. The SMILES string of the molecule is C=CCN=c1scc(-c2cc3ccccc3o2)n1N=Cc1ccc(O)c(OCC)c1. The van der Waals surface area contributed by atoms with Crippen molar-refractivity contribution in [2.45, 2.75) is 6.92 Å². The second-order valence-corrected chi connectivity index (χ2v) is 7.23. The van der Waals surface area contributed by atoms with Crippen LogP contribution in [-0.4, -0.2) is 29.1 Å². The van der Waals surface area contributed by atoms with Crippen molar-refractivity contribution in [1.29, 1.82) is 0 Å². The molecule has 30 heavy (non-hydrogen) atoms. The second-order valence-electron chi connectivity index (χ2n) is 6.40. The standard InChI is InChI=1S/C23H21N3O3S/c1-3-11-24-23-26(25-14-16-9-10-19(27)22(12-16)28-4-2)18(15-30-23)21-13-17-7-5-6-8-20(17)29-21/h3,5-10,12-15,27H,1,4,11H2,2H3. The minimum absolute atomic E-state index is 0.0989. The number of benzene rings is 2. The first-order valence-electron chi connectivity index (χ1n) is 9.50. The van der Waals surface area contributed by atoms with Gasteiger partial charge in [0.25, 0.3) is 0 Å². The molecule has 2 heterocycles. The van der Waals surface area contributed by atoms with Crippen molar-refractivity contribution < 1.29 is 14.3 Å². The molecular formula is C23H21N3O3S. The Morgan fingerprint density at radius 1 is 1.23 bits per heavy atom. The number of aromatic nitrogens is 1. The Bertz CT molecular complexity index is 1250. The molecule has 1 N–H and O–H groups in total. The molecule has 4 aromatic rings. The van der Waals surface area contributed by atoms with Gasteiger partial charge in [0.1, 0.15) is 11.3 Å². The lowest BCUT2D eigenvalue weighted by Crippen LogP contribution is -2.12. The van der Waals surface area contributed by atoms with Gasteiger partial charge in [-0.25, -0.2) is 4.68 Å². The summed E-state index contributed by atoms with van der Waals surface area (Å²) in [4.78, 5) is 5.27.